The molecule has 0 aliphatic heterocycles. The van der Waals surface area contributed by atoms with Gasteiger partial charge in [-0.2, -0.15) is 0 Å². The summed E-state index contributed by atoms with van der Waals surface area (Å²) < 4.78 is 2.15. The van der Waals surface area contributed by atoms with Gasteiger partial charge in [-0.3, -0.25) is 4.98 Å². The summed E-state index contributed by atoms with van der Waals surface area (Å²) in [5.41, 5.74) is 10.3. The van der Waals surface area contributed by atoms with E-state index >= 15 is 0 Å². The molecule has 0 radical (unpaired) electrons. The minimum atomic E-state index is -0.246. The number of phenols is 1. The van der Waals surface area contributed by atoms with Crippen molar-refractivity contribution < 1.29 is 5.11 Å². The molecule has 228 valence electrons. The molecule has 0 fully saturated rings. The van der Waals surface area contributed by atoms with Crippen molar-refractivity contribution in [1.82, 2.24) is 19.5 Å². The van der Waals surface area contributed by atoms with Crippen molar-refractivity contribution in [2.24, 2.45) is 0 Å². The molecule has 5 heteroatoms. The molecule has 0 amide bonds. The fourth-order valence-corrected chi connectivity index (χ4v) is 5.96. The molecule has 0 bridgehead atoms. The minimum absolute atomic E-state index is 0.0693. The van der Waals surface area contributed by atoms with Crippen LogP contribution in [0.2, 0.25) is 0 Å². The van der Waals surface area contributed by atoms with Crippen LogP contribution in [0.3, 0.4) is 0 Å². The molecule has 45 heavy (non-hydrogen) atoms. The van der Waals surface area contributed by atoms with Gasteiger partial charge in [0.1, 0.15) is 17.1 Å². The van der Waals surface area contributed by atoms with Crippen molar-refractivity contribution in [1.29, 1.82) is 0 Å². The van der Waals surface area contributed by atoms with E-state index in [0.717, 1.165) is 67.2 Å². The van der Waals surface area contributed by atoms with Crippen molar-refractivity contribution in [3.8, 4) is 50.6 Å². The lowest BCUT2D eigenvalue weighted by molar-refractivity contribution is 0.445. The number of nitrogens with zero attached hydrogens (tertiary/aromatic N) is 4. The summed E-state index contributed by atoms with van der Waals surface area (Å²) in [5.74, 6) is 1.00. The number of aromatic hydroxyl groups is 1. The third-order valence-electron chi connectivity index (χ3n) is 8.46. The summed E-state index contributed by atoms with van der Waals surface area (Å²) >= 11 is 0. The lowest BCUT2D eigenvalue weighted by Gasteiger charge is -2.27. The average Bonchev–Trinajstić information content (AvgIpc) is 3.40. The van der Waals surface area contributed by atoms with Crippen LogP contribution < -0.4 is 0 Å². The number of benzene rings is 3. The number of aromatic nitrogens is 4. The fraction of sp³-hybridized carbons (Fsp3) is 0.275. The largest absolute Gasteiger partial charge is 0.507 e. The predicted molar refractivity (Wildman–Crippen MR) is 187 cm³/mol. The monoisotopic (exact) mass is 594 g/mol. The van der Waals surface area contributed by atoms with Gasteiger partial charge < -0.3 is 9.67 Å². The first-order valence-electron chi connectivity index (χ1n) is 15.7. The summed E-state index contributed by atoms with van der Waals surface area (Å²) in [6.45, 7) is 17.3. The van der Waals surface area contributed by atoms with Crippen LogP contribution in [0.25, 0.3) is 56.1 Å². The topological polar surface area (TPSA) is 63.8 Å². The predicted octanol–water partition coefficient (Wildman–Crippen LogP) is 10.4. The van der Waals surface area contributed by atoms with E-state index in [9.17, 15) is 5.11 Å². The highest BCUT2D eigenvalue weighted by Crippen LogP contribution is 2.44. The van der Waals surface area contributed by atoms with E-state index in [1.807, 2.05) is 30.6 Å². The maximum Gasteiger partial charge on any atom is 0.161 e. The van der Waals surface area contributed by atoms with Gasteiger partial charge in [-0.1, -0.05) is 96.1 Å². The van der Waals surface area contributed by atoms with Gasteiger partial charge >= 0.3 is 0 Å². The van der Waals surface area contributed by atoms with Crippen molar-refractivity contribution in [3.63, 3.8) is 0 Å². The third kappa shape index (κ3) is 5.75. The zero-order chi connectivity index (χ0) is 32.1. The molecule has 0 spiro atoms. The number of hydrogen-bond acceptors (Lipinski definition) is 4. The average molecular weight is 595 g/mol. The molecular weight excluding hydrogens is 552 g/mol. The Morgan fingerprint density at radius 3 is 2.02 bits per heavy atom. The zero-order valence-corrected chi connectivity index (χ0v) is 27.6. The highest BCUT2D eigenvalue weighted by molar-refractivity contribution is 5.93. The Balaban J connectivity index is 1.53. The quantitative estimate of drug-likeness (QED) is 0.216. The molecule has 6 aromatic rings. The Morgan fingerprint density at radius 2 is 1.33 bits per heavy atom. The highest BCUT2D eigenvalue weighted by Gasteiger charge is 2.28. The molecule has 0 aliphatic carbocycles. The Kier molecular flexibility index (Phi) is 7.60. The van der Waals surface area contributed by atoms with Crippen LogP contribution in [0.5, 0.6) is 5.75 Å². The van der Waals surface area contributed by atoms with E-state index in [4.69, 9.17) is 15.0 Å². The lowest BCUT2D eigenvalue weighted by Crippen LogP contribution is -2.17. The number of pyridine rings is 2. The zero-order valence-electron chi connectivity index (χ0n) is 27.6. The smallest absolute Gasteiger partial charge is 0.161 e. The Morgan fingerprint density at radius 1 is 0.644 bits per heavy atom. The molecular formula is C40H42N4O. The first-order chi connectivity index (χ1) is 21.3. The molecule has 6 rings (SSSR count). The summed E-state index contributed by atoms with van der Waals surface area (Å²) in [6.07, 6.45) is 3.73. The normalized spacial score (nSPS) is 12.3. The second kappa shape index (κ2) is 11.3. The van der Waals surface area contributed by atoms with Gasteiger partial charge in [-0.15, -0.1) is 0 Å². The lowest BCUT2D eigenvalue weighted by atomic mass is 9.79. The Labute approximate surface area is 266 Å². The van der Waals surface area contributed by atoms with Crippen LogP contribution in [-0.4, -0.2) is 24.6 Å². The van der Waals surface area contributed by atoms with Crippen molar-refractivity contribution in [2.45, 2.75) is 72.3 Å². The second-order valence-corrected chi connectivity index (χ2v) is 14.2. The maximum absolute atomic E-state index is 11.8. The molecule has 0 saturated carbocycles. The summed E-state index contributed by atoms with van der Waals surface area (Å²) in [7, 11) is 0. The number of rotatable bonds is 5. The molecule has 5 nitrogen and oxygen atoms in total. The van der Waals surface area contributed by atoms with E-state index in [1.54, 1.807) is 0 Å². The Bertz CT molecular complexity index is 2010. The standard InChI is InChI=1S/C40H42N4O/c1-25(2)44-37(32-23-30(39(3,4)5)24-33(36(32)45)40(6,7)8)43-35-31(18-20-42-38(35)44)28-15-12-16-29(21-28)34-22-27(17-19-41-34)26-13-10-9-11-14-26/h9-25,45H,1-8H3. The maximum atomic E-state index is 11.8. The first-order valence-corrected chi connectivity index (χ1v) is 15.7. The van der Waals surface area contributed by atoms with Crippen molar-refractivity contribution >= 4 is 11.2 Å². The van der Waals surface area contributed by atoms with Crippen molar-refractivity contribution in [2.75, 3.05) is 0 Å². The van der Waals surface area contributed by atoms with Crippen molar-refractivity contribution in [3.05, 3.63) is 108 Å². The van der Waals surface area contributed by atoms with Gasteiger partial charge in [0, 0.05) is 35.1 Å². The number of fused-ring (bicyclic) bond motifs is 1. The number of imidazole rings is 1. The summed E-state index contributed by atoms with van der Waals surface area (Å²) in [4.78, 5) is 14.8. The van der Waals surface area contributed by atoms with Gasteiger partial charge in [-0.25, -0.2) is 9.97 Å². The van der Waals surface area contributed by atoms with Gasteiger partial charge in [0.05, 0.1) is 11.3 Å². The van der Waals surface area contributed by atoms with Gasteiger partial charge in [-0.05, 0) is 77.3 Å². The van der Waals surface area contributed by atoms with Crippen LogP contribution in [0.4, 0.5) is 0 Å². The van der Waals surface area contributed by atoms with Gasteiger partial charge in [0.25, 0.3) is 0 Å². The van der Waals surface area contributed by atoms with E-state index in [-0.39, 0.29) is 22.6 Å². The summed E-state index contributed by atoms with van der Waals surface area (Å²) in [6, 6.07) is 29.4. The molecule has 3 aromatic carbocycles. The van der Waals surface area contributed by atoms with Gasteiger partial charge in [0.15, 0.2) is 5.65 Å². The van der Waals surface area contributed by atoms with E-state index in [0.29, 0.717) is 0 Å². The molecule has 3 aromatic heterocycles. The van der Waals surface area contributed by atoms with E-state index in [2.05, 4.69) is 127 Å². The third-order valence-corrected chi connectivity index (χ3v) is 8.46. The minimum Gasteiger partial charge on any atom is -0.507 e. The highest BCUT2D eigenvalue weighted by atomic mass is 16.3. The van der Waals surface area contributed by atoms with Crippen LogP contribution in [0.1, 0.15) is 72.6 Å². The second-order valence-electron chi connectivity index (χ2n) is 14.2. The van der Waals surface area contributed by atoms with Gasteiger partial charge in [0.2, 0.25) is 0 Å². The van der Waals surface area contributed by atoms with E-state index in [1.165, 1.54) is 0 Å². The Hall–Kier alpha value is -4.77. The van der Waals surface area contributed by atoms with Crippen LogP contribution >= 0.6 is 0 Å². The summed E-state index contributed by atoms with van der Waals surface area (Å²) in [5, 5.41) is 11.8. The van der Waals surface area contributed by atoms with Crippen LogP contribution in [0, 0.1) is 0 Å². The van der Waals surface area contributed by atoms with E-state index < -0.39 is 0 Å². The SMILES string of the molecule is CC(C)n1c(-c2cc(C(C)(C)C)cc(C(C)(C)C)c2O)nc2c(-c3cccc(-c4cc(-c5ccccc5)ccn4)c3)ccnc21. The van der Waals surface area contributed by atoms with Crippen LogP contribution in [0.15, 0.2) is 97.3 Å². The molecule has 0 atom stereocenters. The first kappa shape index (κ1) is 30.3. The number of phenolic OH excluding ortho intramolecular Hbond substituents is 1. The number of hydrogen-bond donors (Lipinski definition) is 1. The molecule has 3 heterocycles. The molecule has 1 N–H and O–H groups in total. The van der Waals surface area contributed by atoms with Crippen LogP contribution in [-0.2, 0) is 10.8 Å². The fourth-order valence-electron chi connectivity index (χ4n) is 5.96. The molecule has 0 aliphatic rings. The molecule has 0 saturated heterocycles. The molecule has 0 unspecified atom stereocenters.